The van der Waals surface area contributed by atoms with Gasteiger partial charge in [-0.1, -0.05) is 25.5 Å². The van der Waals surface area contributed by atoms with Gasteiger partial charge >= 0.3 is 6.03 Å². The second-order valence-corrected chi connectivity index (χ2v) is 7.95. The van der Waals surface area contributed by atoms with Gasteiger partial charge in [-0.15, -0.1) is 0 Å². The molecule has 1 aliphatic rings. The topological polar surface area (TPSA) is 93.8 Å². The number of benzene rings is 1. The zero-order valence-corrected chi connectivity index (χ0v) is 18.4. The summed E-state index contributed by atoms with van der Waals surface area (Å²) in [6.45, 7) is 10.0. The standard InChI is InChI=1S/C22H35N5O3/c1-4-5-10-23-20(28)16-26-11-13-27(14-12-26)21(29)19-8-6-18(7-9-19)15-24-22(30)25-17(2)3/h6-9,17H,4-5,10-16H2,1-3H3,(H,23,28)(H2,24,25,30). The summed E-state index contributed by atoms with van der Waals surface area (Å²) in [6, 6.07) is 7.20. The number of nitrogens with zero attached hydrogens (tertiary/aromatic N) is 2. The first kappa shape index (κ1) is 23.7. The summed E-state index contributed by atoms with van der Waals surface area (Å²) in [5.74, 6) is 0.0496. The molecule has 0 aliphatic carbocycles. The van der Waals surface area contributed by atoms with Crippen molar-refractivity contribution in [1.82, 2.24) is 25.8 Å². The Labute approximate surface area is 179 Å². The number of amides is 4. The summed E-state index contributed by atoms with van der Waals surface area (Å²) in [6.07, 6.45) is 2.06. The van der Waals surface area contributed by atoms with Gasteiger partial charge in [0.05, 0.1) is 6.54 Å². The van der Waals surface area contributed by atoms with Crippen LogP contribution in [-0.4, -0.2) is 73.0 Å². The lowest BCUT2D eigenvalue weighted by Gasteiger charge is -2.34. The lowest BCUT2D eigenvalue weighted by atomic mass is 10.1. The molecule has 3 N–H and O–H groups in total. The number of carbonyl (C=O) groups excluding carboxylic acids is 3. The largest absolute Gasteiger partial charge is 0.355 e. The molecule has 0 bridgehead atoms. The van der Waals surface area contributed by atoms with Crippen molar-refractivity contribution >= 4 is 17.8 Å². The molecule has 166 valence electrons. The predicted molar refractivity (Wildman–Crippen MR) is 117 cm³/mol. The van der Waals surface area contributed by atoms with Gasteiger partial charge in [-0.3, -0.25) is 14.5 Å². The van der Waals surface area contributed by atoms with Crippen LogP contribution in [0.4, 0.5) is 4.79 Å². The number of carbonyl (C=O) groups is 3. The highest BCUT2D eigenvalue weighted by molar-refractivity contribution is 5.94. The van der Waals surface area contributed by atoms with Gasteiger partial charge < -0.3 is 20.9 Å². The van der Waals surface area contributed by atoms with E-state index in [1.54, 1.807) is 12.1 Å². The molecule has 8 heteroatoms. The van der Waals surface area contributed by atoms with Crippen LogP contribution >= 0.6 is 0 Å². The molecule has 1 aromatic rings. The van der Waals surface area contributed by atoms with Crippen LogP contribution in [0.5, 0.6) is 0 Å². The molecule has 30 heavy (non-hydrogen) atoms. The molecular weight excluding hydrogens is 382 g/mol. The summed E-state index contributed by atoms with van der Waals surface area (Å²) in [7, 11) is 0. The van der Waals surface area contributed by atoms with E-state index in [1.165, 1.54) is 0 Å². The number of unbranched alkanes of at least 4 members (excludes halogenated alkanes) is 1. The summed E-state index contributed by atoms with van der Waals surface area (Å²) < 4.78 is 0. The van der Waals surface area contributed by atoms with Gasteiger partial charge in [0.15, 0.2) is 0 Å². The number of nitrogens with one attached hydrogen (secondary N) is 3. The van der Waals surface area contributed by atoms with Gasteiger partial charge in [0, 0.05) is 50.9 Å². The van der Waals surface area contributed by atoms with E-state index >= 15 is 0 Å². The van der Waals surface area contributed by atoms with Gasteiger partial charge in [-0.25, -0.2) is 4.79 Å². The van der Waals surface area contributed by atoms with Crippen molar-refractivity contribution in [2.75, 3.05) is 39.3 Å². The number of hydrogen-bond acceptors (Lipinski definition) is 4. The molecular formula is C22H35N5O3. The molecule has 1 fully saturated rings. The van der Waals surface area contributed by atoms with E-state index < -0.39 is 0 Å². The lowest BCUT2D eigenvalue weighted by molar-refractivity contribution is -0.122. The van der Waals surface area contributed by atoms with E-state index in [-0.39, 0.29) is 23.9 Å². The minimum atomic E-state index is -0.206. The molecule has 2 rings (SSSR count). The SMILES string of the molecule is CCCCNC(=O)CN1CCN(C(=O)c2ccc(CNC(=O)NC(C)C)cc2)CC1. The fraction of sp³-hybridized carbons (Fsp3) is 0.591. The Kier molecular flexibility index (Phi) is 9.60. The minimum Gasteiger partial charge on any atom is -0.355 e. The zero-order valence-electron chi connectivity index (χ0n) is 18.4. The average Bonchev–Trinajstić information content (AvgIpc) is 2.72. The Morgan fingerprint density at radius 2 is 1.67 bits per heavy atom. The highest BCUT2D eigenvalue weighted by Gasteiger charge is 2.23. The van der Waals surface area contributed by atoms with Crippen molar-refractivity contribution < 1.29 is 14.4 Å². The van der Waals surface area contributed by atoms with Crippen LogP contribution in [-0.2, 0) is 11.3 Å². The van der Waals surface area contributed by atoms with Crippen molar-refractivity contribution in [1.29, 1.82) is 0 Å². The Morgan fingerprint density at radius 1 is 1.00 bits per heavy atom. The molecule has 4 amide bonds. The molecule has 0 unspecified atom stereocenters. The third kappa shape index (κ3) is 8.02. The summed E-state index contributed by atoms with van der Waals surface area (Å²) >= 11 is 0. The van der Waals surface area contributed by atoms with Crippen LogP contribution in [0, 0.1) is 0 Å². The molecule has 0 spiro atoms. The fourth-order valence-corrected chi connectivity index (χ4v) is 3.22. The van der Waals surface area contributed by atoms with Crippen molar-refractivity contribution in [3.63, 3.8) is 0 Å². The fourth-order valence-electron chi connectivity index (χ4n) is 3.22. The highest BCUT2D eigenvalue weighted by Crippen LogP contribution is 2.10. The Balaban J connectivity index is 1.75. The molecule has 0 aromatic heterocycles. The second-order valence-electron chi connectivity index (χ2n) is 7.95. The van der Waals surface area contributed by atoms with Crippen LogP contribution < -0.4 is 16.0 Å². The molecule has 1 heterocycles. The highest BCUT2D eigenvalue weighted by atomic mass is 16.2. The van der Waals surface area contributed by atoms with E-state index in [9.17, 15) is 14.4 Å². The molecule has 8 nitrogen and oxygen atoms in total. The van der Waals surface area contributed by atoms with Crippen LogP contribution in [0.2, 0.25) is 0 Å². The average molecular weight is 418 g/mol. The third-order valence-electron chi connectivity index (χ3n) is 4.95. The van der Waals surface area contributed by atoms with Crippen LogP contribution in [0.3, 0.4) is 0 Å². The molecule has 0 radical (unpaired) electrons. The number of piperazine rings is 1. The van der Waals surface area contributed by atoms with Crippen LogP contribution in [0.15, 0.2) is 24.3 Å². The number of hydrogen-bond donors (Lipinski definition) is 3. The molecule has 1 aliphatic heterocycles. The van der Waals surface area contributed by atoms with Crippen LogP contribution in [0.1, 0.15) is 49.5 Å². The van der Waals surface area contributed by atoms with E-state index in [1.807, 2.05) is 30.9 Å². The van der Waals surface area contributed by atoms with Crippen molar-refractivity contribution in [2.24, 2.45) is 0 Å². The van der Waals surface area contributed by atoms with Crippen molar-refractivity contribution in [3.05, 3.63) is 35.4 Å². The summed E-state index contributed by atoms with van der Waals surface area (Å²) in [4.78, 5) is 40.3. The Bertz CT molecular complexity index is 697. The van der Waals surface area contributed by atoms with E-state index in [4.69, 9.17) is 0 Å². The normalized spacial score (nSPS) is 14.5. The number of urea groups is 1. The monoisotopic (exact) mass is 417 g/mol. The Morgan fingerprint density at radius 3 is 2.27 bits per heavy atom. The maximum Gasteiger partial charge on any atom is 0.315 e. The maximum atomic E-state index is 12.8. The summed E-state index contributed by atoms with van der Waals surface area (Å²) in [5, 5.41) is 8.50. The summed E-state index contributed by atoms with van der Waals surface area (Å²) in [5.41, 5.74) is 1.57. The van der Waals surface area contributed by atoms with Gasteiger partial charge in [-0.2, -0.15) is 0 Å². The predicted octanol–water partition coefficient (Wildman–Crippen LogP) is 1.57. The smallest absolute Gasteiger partial charge is 0.315 e. The van der Waals surface area contributed by atoms with Gasteiger partial charge in [0.2, 0.25) is 5.91 Å². The number of rotatable bonds is 9. The van der Waals surface area contributed by atoms with Crippen molar-refractivity contribution in [3.8, 4) is 0 Å². The first-order valence-corrected chi connectivity index (χ1v) is 10.8. The van der Waals surface area contributed by atoms with Gasteiger partial charge in [0.1, 0.15) is 0 Å². The van der Waals surface area contributed by atoms with E-state index in [0.29, 0.717) is 44.8 Å². The zero-order chi connectivity index (χ0) is 21.9. The second kappa shape index (κ2) is 12.2. The maximum absolute atomic E-state index is 12.8. The van der Waals surface area contributed by atoms with E-state index in [0.717, 1.165) is 24.9 Å². The first-order chi connectivity index (χ1) is 14.4. The molecule has 1 aromatic carbocycles. The van der Waals surface area contributed by atoms with Crippen molar-refractivity contribution in [2.45, 2.75) is 46.2 Å². The van der Waals surface area contributed by atoms with Gasteiger partial charge in [0.25, 0.3) is 5.91 Å². The minimum absolute atomic E-state index is 0.000827. The first-order valence-electron chi connectivity index (χ1n) is 10.8. The Hall–Kier alpha value is -2.61. The lowest BCUT2D eigenvalue weighted by Crippen LogP contribution is -2.51. The van der Waals surface area contributed by atoms with Crippen LogP contribution in [0.25, 0.3) is 0 Å². The third-order valence-corrected chi connectivity index (χ3v) is 4.95. The quantitative estimate of drug-likeness (QED) is 0.532. The molecule has 0 saturated carbocycles. The molecule has 1 saturated heterocycles. The van der Waals surface area contributed by atoms with Gasteiger partial charge in [-0.05, 0) is 38.0 Å². The van der Waals surface area contributed by atoms with E-state index in [2.05, 4.69) is 27.8 Å². The molecule has 0 atom stereocenters.